The molecule has 0 fully saturated rings. The molecule has 2 aromatic carbocycles. The Morgan fingerprint density at radius 3 is 2.33 bits per heavy atom. The van der Waals surface area contributed by atoms with E-state index in [-0.39, 0.29) is 16.3 Å². The Kier molecular flexibility index (Phi) is 5.89. The summed E-state index contributed by atoms with van der Waals surface area (Å²) >= 11 is 11.7. The SMILES string of the molecule is COc1cc(OC)cc(C(=O)NN=Cc2cc(Cl)cc(Cl)c2O)c1. The van der Waals surface area contributed by atoms with Gasteiger partial charge in [0.05, 0.1) is 25.5 Å². The molecule has 0 heterocycles. The molecule has 2 aromatic rings. The molecule has 0 saturated carbocycles. The van der Waals surface area contributed by atoms with Gasteiger partial charge in [0.15, 0.2) is 0 Å². The average Bonchev–Trinajstić information content (AvgIpc) is 2.58. The zero-order valence-corrected chi connectivity index (χ0v) is 14.4. The molecule has 126 valence electrons. The van der Waals surface area contributed by atoms with E-state index in [1.165, 1.54) is 32.6 Å². The molecular weight excluding hydrogens is 355 g/mol. The number of hydrogen-bond acceptors (Lipinski definition) is 5. The number of amides is 1. The minimum absolute atomic E-state index is 0.0906. The van der Waals surface area contributed by atoms with E-state index in [1.54, 1.807) is 18.2 Å². The summed E-state index contributed by atoms with van der Waals surface area (Å²) in [5, 5.41) is 14.0. The first kappa shape index (κ1) is 17.9. The van der Waals surface area contributed by atoms with Crippen molar-refractivity contribution in [2.45, 2.75) is 0 Å². The molecule has 0 aliphatic heterocycles. The van der Waals surface area contributed by atoms with Crippen LogP contribution in [0.25, 0.3) is 0 Å². The van der Waals surface area contributed by atoms with Crippen LogP contribution in [0, 0.1) is 0 Å². The van der Waals surface area contributed by atoms with Gasteiger partial charge < -0.3 is 14.6 Å². The molecule has 24 heavy (non-hydrogen) atoms. The number of aromatic hydroxyl groups is 1. The van der Waals surface area contributed by atoms with Crippen LogP contribution in [0.5, 0.6) is 17.2 Å². The van der Waals surface area contributed by atoms with E-state index in [0.29, 0.717) is 22.1 Å². The largest absolute Gasteiger partial charge is 0.506 e. The van der Waals surface area contributed by atoms with Crippen molar-refractivity contribution in [3.8, 4) is 17.2 Å². The first-order valence-electron chi connectivity index (χ1n) is 6.69. The molecule has 0 spiro atoms. The normalized spacial score (nSPS) is 10.7. The summed E-state index contributed by atoms with van der Waals surface area (Å²) in [4.78, 5) is 12.1. The number of carbonyl (C=O) groups is 1. The van der Waals surface area contributed by atoms with E-state index < -0.39 is 5.91 Å². The molecule has 0 aliphatic rings. The smallest absolute Gasteiger partial charge is 0.271 e. The average molecular weight is 369 g/mol. The fourth-order valence-electron chi connectivity index (χ4n) is 1.85. The van der Waals surface area contributed by atoms with Crippen molar-refractivity contribution < 1.29 is 19.4 Å². The molecule has 8 heteroatoms. The summed E-state index contributed by atoms with van der Waals surface area (Å²) in [5.41, 5.74) is 2.91. The Hall–Kier alpha value is -2.44. The van der Waals surface area contributed by atoms with E-state index in [0.717, 1.165) is 0 Å². The fraction of sp³-hybridized carbons (Fsp3) is 0.125. The second-order valence-corrected chi connectivity index (χ2v) is 5.47. The molecule has 0 radical (unpaired) electrons. The predicted molar refractivity (Wildman–Crippen MR) is 92.7 cm³/mol. The minimum atomic E-state index is -0.476. The van der Waals surface area contributed by atoms with E-state index in [9.17, 15) is 9.90 Å². The predicted octanol–water partition coefficient (Wildman–Crippen LogP) is 3.48. The van der Waals surface area contributed by atoms with Gasteiger partial charge in [-0.1, -0.05) is 23.2 Å². The quantitative estimate of drug-likeness (QED) is 0.625. The van der Waals surface area contributed by atoms with Crippen molar-refractivity contribution in [3.63, 3.8) is 0 Å². The highest BCUT2D eigenvalue weighted by Gasteiger charge is 2.10. The molecule has 0 atom stereocenters. The molecule has 0 aliphatic carbocycles. The van der Waals surface area contributed by atoms with Gasteiger partial charge in [-0.25, -0.2) is 5.43 Å². The van der Waals surface area contributed by atoms with E-state index in [2.05, 4.69) is 10.5 Å². The molecule has 2 rings (SSSR count). The maximum Gasteiger partial charge on any atom is 0.271 e. The second kappa shape index (κ2) is 7.90. The van der Waals surface area contributed by atoms with Crippen LogP contribution in [0.2, 0.25) is 10.0 Å². The zero-order chi connectivity index (χ0) is 17.7. The van der Waals surface area contributed by atoms with Gasteiger partial charge in [0.1, 0.15) is 17.2 Å². The van der Waals surface area contributed by atoms with Crippen molar-refractivity contribution in [2.24, 2.45) is 5.10 Å². The molecule has 2 N–H and O–H groups in total. The Morgan fingerprint density at radius 2 is 1.75 bits per heavy atom. The van der Waals surface area contributed by atoms with Gasteiger partial charge in [0.2, 0.25) is 0 Å². The Balaban J connectivity index is 2.16. The summed E-state index contributed by atoms with van der Waals surface area (Å²) in [5.74, 6) is 0.295. The summed E-state index contributed by atoms with van der Waals surface area (Å²) in [7, 11) is 2.97. The summed E-state index contributed by atoms with van der Waals surface area (Å²) in [6.07, 6.45) is 1.24. The third kappa shape index (κ3) is 4.31. The molecule has 0 saturated heterocycles. The molecule has 1 amide bonds. The number of carbonyl (C=O) groups excluding carboxylic acids is 1. The van der Waals surface area contributed by atoms with Crippen LogP contribution in [0.4, 0.5) is 0 Å². The third-order valence-electron chi connectivity index (χ3n) is 3.04. The molecule has 0 unspecified atom stereocenters. The number of benzene rings is 2. The minimum Gasteiger partial charge on any atom is -0.506 e. The number of hydrazone groups is 1. The lowest BCUT2D eigenvalue weighted by atomic mass is 10.2. The molecule has 0 aromatic heterocycles. The van der Waals surface area contributed by atoms with Crippen molar-refractivity contribution in [1.82, 2.24) is 5.43 Å². The van der Waals surface area contributed by atoms with Crippen LogP contribution in [-0.2, 0) is 0 Å². The summed E-state index contributed by atoms with van der Waals surface area (Å²) in [6.45, 7) is 0. The fourth-order valence-corrected chi connectivity index (χ4v) is 2.36. The highest BCUT2D eigenvalue weighted by molar-refractivity contribution is 6.36. The maximum atomic E-state index is 12.1. The maximum absolute atomic E-state index is 12.1. The van der Waals surface area contributed by atoms with Gasteiger partial charge >= 0.3 is 0 Å². The topological polar surface area (TPSA) is 80.2 Å². The van der Waals surface area contributed by atoms with Crippen molar-refractivity contribution in [3.05, 3.63) is 51.5 Å². The zero-order valence-electron chi connectivity index (χ0n) is 12.8. The van der Waals surface area contributed by atoms with Gasteiger partial charge in [0.25, 0.3) is 5.91 Å². The van der Waals surface area contributed by atoms with Crippen LogP contribution in [0.15, 0.2) is 35.4 Å². The number of rotatable bonds is 5. The van der Waals surface area contributed by atoms with Gasteiger partial charge in [0, 0.05) is 22.2 Å². The molecule has 6 nitrogen and oxygen atoms in total. The Labute approximate surface area is 148 Å². The molecular formula is C16H14Cl2N2O4. The number of phenolic OH excluding ortho intramolecular Hbond substituents is 1. The second-order valence-electron chi connectivity index (χ2n) is 4.63. The van der Waals surface area contributed by atoms with Gasteiger partial charge in [-0.15, -0.1) is 0 Å². The first-order chi connectivity index (χ1) is 11.4. The first-order valence-corrected chi connectivity index (χ1v) is 7.44. The Morgan fingerprint density at radius 1 is 1.12 bits per heavy atom. The monoisotopic (exact) mass is 368 g/mol. The van der Waals surface area contributed by atoms with Crippen LogP contribution in [0.3, 0.4) is 0 Å². The van der Waals surface area contributed by atoms with Gasteiger partial charge in [-0.2, -0.15) is 5.10 Å². The third-order valence-corrected chi connectivity index (χ3v) is 3.55. The van der Waals surface area contributed by atoms with Crippen molar-refractivity contribution >= 4 is 35.3 Å². The van der Waals surface area contributed by atoms with Gasteiger partial charge in [-0.05, 0) is 24.3 Å². The lowest BCUT2D eigenvalue weighted by Crippen LogP contribution is -2.17. The highest BCUT2D eigenvalue weighted by Crippen LogP contribution is 2.30. The molecule has 0 bridgehead atoms. The van der Waals surface area contributed by atoms with E-state index >= 15 is 0 Å². The Bertz CT molecular complexity index is 772. The van der Waals surface area contributed by atoms with Crippen LogP contribution >= 0.6 is 23.2 Å². The number of ether oxygens (including phenoxy) is 2. The lowest BCUT2D eigenvalue weighted by molar-refractivity contribution is 0.0954. The summed E-state index contributed by atoms with van der Waals surface area (Å²) in [6, 6.07) is 7.60. The van der Waals surface area contributed by atoms with Crippen molar-refractivity contribution in [1.29, 1.82) is 0 Å². The van der Waals surface area contributed by atoms with E-state index in [1.807, 2.05) is 0 Å². The van der Waals surface area contributed by atoms with Crippen molar-refractivity contribution in [2.75, 3.05) is 14.2 Å². The number of nitrogens with one attached hydrogen (secondary N) is 1. The van der Waals surface area contributed by atoms with Crippen LogP contribution in [0.1, 0.15) is 15.9 Å². The number of nitrogens with zero attached hydrogens (tertiary/aromatic N) is 1. The number of halogens is 2. The van der Waals surface area contributed by atoms with Gasteiger partial charge in [-0.3, -0.25) is 4.79 Å². The summed E-state index contributed by atoms with van der Waals surface area (Å²) < 4.78 is 10.2. The number of hydrogen-bond donors (Lipinski definition) is 2. The van der Waals surface area contributed by atoms with Crippen LogP contribution < -0.4 is 14.9 Å². The lowest BCUT2D eigenvalue weighted by Gasteiger charge is -2.07. The number of methoxy groups -OCH3 is 2. The highest BCUT2D eigenvalue weighted by atomic mass is 35.5. The van der Waals surface area contributed by atoms with E-state index in [4.69, 9.17) is 32.7 Å². The van der Waals surface area contributed by atoms with Crippen LogP contribution in [-0.4, -0.2) is 31.4 Å². The number of phenols is 1. The standard InChI is InChI=1S/C16H14Cl2N2O4/c1-23-12-4-9(5-13(7-12)24-2)16(22)20-19-8-10-3-11(17)6-14(18)15(10)21/h3-8,21H,1-2H3,(H,20,22).